The molecule has 2 aliphatic carbocycles. The molecule has 0 radical (unpaired) electrons. The fourth-order valence-corrected chi connectivity index (χ4v) is 8.21. The van der Waals surface area contributed by atoms with Crippen LogP contribution >= 0.6 is 0 Å². The number of carboxylic acid groups (broad SMARTS) is 1. The molecule has 2 aromatic rings. The van der Waals surface area contributed by atoms with Gasteiger partial charge in [0.2, 0.25) is 5.60 Å². The summed E-state index contributed by atoms with van der Waals surface area (Å²) < 4.78 is 1.79. The molecule has 220 valence electrons. The molecule has 41 heavy (non-hydrogen) atoms. The number of hydrogen-bond acceptors (Lipinski definition) is 7. The van der Waals surface area contributed by atoms with Crippen molar-refractivity contribution in [2.75, 3.05) is 0 Å². The number of fused-ring (bicyclic) bond motifs is 5. The number of amides is 1. The van der Waals surface area contributed by atoms with Crippen LogP contribution in [-0.4, -0.2) is 60.9 Å². The molecule has 1 aromatic carbocycles. The Labute approximate surface area is 239 Å². The lowest BCUT2D eigenvalue weighted by atomic mass is 9.68. The van der Waals surface area contributed by atoms with Gasteiger partial charge in [0.25, 0.3) is 11.5 Å². The first-order valence-electron chi connectivity index (χ1n) is 15.2. The third-order valence-electron chi connectivity index (χ3n) is 10.0. The normalized spacial score (nSPS) is 30.6. The quantitative estimate of drug-likeness (QED) is 0.383. The highest BCUT2D eigenvalue weighted by Gasteiger charge is 2.45. The second kappa shape index (κ2) is 10.9. The number of nitrogens with zero attached hydrogens (tertiary/aromatic N) is 4. The Morgan fingerprint density at radius 2 is 1.59 bits per heavy atom. The minimum Gasteiger partial charge on any atom is -0.478 e. The predicted octanol–water partition coefficient (Wildman–Crippen LogP) is 3.99. The number of carboxylic acids is 1. The van der Waals surface area contributed by atoms with Crippen LogP contribution in [0.25, 0.3) is 11.0 Å². The minimum atomic E-state index is -1.72. The van der Waals surface area contributed by atoms with Gasteiger partial charge in [0.1, 0.15) is 0 Å². The zero-order chi connectivity index (χ0) is 28.9. The summed E-state index contributed by atoms with van der Waals surface area (Å²) in [7, 11) is 0. The molecular weight excluding hydrogens is 522 g/mol. The van der Waals surface area contributed by atoms with Crippen molar-refractivity contribution in [1.82, 2.24) is 14.5 Å². The van der Waals surface area contributed by atoms with Gasteiger partial charge in [-0.25, -0.2) is 9.78 Å². The van der Waals surface area contributed by atoms with Crippen LogP contribution in [0, 0.1) is 11.8 Å². The maximum atomic E-state index is 14.1. The molecule has 4 fully saturated rings. The van der Waals surface area contributed by atoms with E-state index in [4.69, 9.17) is 10.6 Å². The van der Waals surface area contributed by atoms with Gasteiger partial charge in [0, 0.05) is 24.2 Å². The van der Waals surface area contributed by atoms with Crippen molar-refractivity contribution in [3.63, 3.8) is 0 Å². The summed E-state index contributed by atoms with van der Waals surface area (Å²) >= 11 is 0. The van der Waals surface area contributed by atoms with Crippen molar-refractivity contribution in [3.8, 4) is 0 Å². The van der Waals surface area contributed by atoms with Crippen molar-refractivity contribution in [3.05, 3.63) is 40.3 Å². The smallest absolute Gasteiger partial charge is 0.350 e. The summed E-state index contributed by atoms with van der Waals surface area (Å²) in [6.45, 7) is 2.60. The molecule has 0 spiro atoms. The van der Waals surface area contributed by atoms with Crippen molar-refractivity contribution in [2.24, 2.45) is 22.7 Å². The van der Waals surface area contributed by atoms with E-state index in [1.54, 1.807) is 10.6 Å². The number of oxime groups is 1. The lowest BCUT2D eigenvalue weighted by molar-refractivity contribution is -0.161. The monoisotopic (exact) mass is 563 g/mol. The third kappa shape index (κ3) is 5.27. The van der Waals surface area contributed by atoms with E-state index in [1.807, 2.05) is 18.2 Å². The number of rotatable bonds is 7. The molecular formula is C31H41N5O5. The van der Waals surface area contributed by atoms with E-state index in [0.717, 1.165) is 37.5 Å². The van der Waals surface area contributed by atoms with Gasteiger partial charge in [-0.05, 0) is 82.8 Å². The first kappa shape index (κ1) is 27.9. The average molecular weight is 564 g/mol. The van der Waals surface area contributed by atoms with E-state index in [1.165, 1.54) is 58.8 Å². The number of primary amides is 1. The van der Waals surface area contributed by atoms with Crippen LogP contribution in [0.3, 0.4) is 0 Å². The molecule has 2 unspecified atom stereocenters. The van der Waals surface area contributed by atoms with E-state index in [2.05, 4.69) is 15.0 Å². The Morgan fingerprint density at radius 3 is 2.22 bits per heavy atom. The minimum absolute atomic E-state index is 0.0608. The first-order chi connectivity index (χ1) is 19.6. The Bertz CT molecular complexity index is 1410. The van der Waals surface area contributed by atoms with E-state index < -0.39 is 28.7 Å². The fraction of sp³-hybridized carbons (Fsp3) is 0.645. The largest absolute Gasteiger partial charge is 0.478 e. The van der Waals surface area contributed by atoms with Gasteiger partial charge in [0.15, 0.2) is 11.4 Å². The lowest BCUT2D eigenvalue weighted by Crippen LogP contribution is -2.58. The van der Waals surface area contributed by atoms with Crippen molar-refractivity contribution in [1.29, 1.82) is 0 Å². The molecule has 3 N–H and O–H groups in total. The Kier molecular flexibility index (Phi) is 7.38. The molecule has 2 aliphatic heterocycles. The molecule has 10 heteroatoms. The molecule has 10 nitrogen and oxygen atoms in total. The fourth-order valence-electron chi connectivity index (χ4n) is 8.21. The molecule has 1 aromatic heterocycles. The molecule has 1 amide bonds. The van der Waals surface area contributed by atoms with Gasteiger partial charge >= 0.3 is 5.97 Å². The summed E-state index contributed by atoms with van der Waals surface area (Å²) in [5.41, 5.74) is 4.01. The predicted molar refractivity (Wildman–Crippen MR) is 155 cm³/mol. The van der Waals surface area contributed by atoms with Crippen LogP contribution in [0.2, 0.25) is 0 Å². The number of carbonyl (C=O) groups is 2. The standard InChI is InChI=1S/C31H41N5O5/c1-31(2,30(39)40)41-34-26(28(32)37)27-29(38)36(25-12-4-3-11-24(25)33-27)23-16-20-9-6-10-21(17-23)35(20)22-14-18-7-5-8-19(13-18)15-22/h3-4,11-12,18-23H,5-10,13-17H2,1-2H3,(H2,32,37)(H,39,40)/t18-,19+,20-,21+,22?,23?. The average Bonchev–Trinajstić information content (AvgIpc) is 2.92. The van der Waals surface area contributed by atoms with Crippen molar-refractivity contribution >= 4 is 28.6 Å². The number of carbonyl (C=O) groups excluding carboxylic acids is 1. The summed E-state index contributed by atoms with van der Waals surface area (Å²) in [6, 6.07) is 8.82. The number of hydrogen-bond donors (Lipinski definition) is 2. The van der Waals surface area contributed by atoms with Crippen LogP contribution in [-0.2, 0) is 14.4 Å². The number of para-hydroxylation sites is 2. The molecule has 6 atom stereocenters. The summed E-state index contributed by atoms with van der Waals surface area (Å²) in [5, 5.41) is 13.2. The van der Waals surface area contributed by atoms with Crippen LogP contribution in [0.15, 0.2) is 34.2 Å². The topological polar surface area (TPSA) is 140 Å². The number of benzene rings is 1. The van der Waals surface area contributed by atoms with Gasteiger partial charge in [-0.2, -0.15) is 0 Å². The molecule has 2 saturated heterocycles. The highest BCUT2D eigenvalue weighted by Crippen LogP contribution is 2.47. The van der Waals surface area contributed by atoms with Crippen LogP contribution in [0.5, 0.6) is 0 Å². The number of nitrogens with two attached hydrogens (primary N) is 1. The molecule has 2 saturated carbocycles. The van der Waals surface area contributed by atoms with E-state index in [0.29, 0.717) is 29.2 Å². The van der Waals surface area contributed by atoms with Crippen molar-refractivity contribution < 1.29 is 19.5 Å². The molecule has 6 rings (SSSR count). The van der Waals surface area contributed by atoms with Gasteiger partial charge in [-0.1, -0.05) is 43.0 Å². The summed E-state index contributed by atoms with van der Waals surface area (Å²) in [4.78, 5) is 50.7. The molecule has 4 aliphatic rings. The summed E-state index contributed by atoms with van der Waals surface area (Å²) in [5.74, 6) is -0.554. The zero-order valence-electron chi connectivity index (χ0n) is 24.0. The van der Waals surface area contributed by atoms with Gasteiger partial charge in [-0.15, -0.1) is 0 Å². The second-order valence-corrected chi connectivity index (χ2v) is 13.2. The highest BCUT2D eigenvalue weighted by molar-refractivity contribution is 6.44. The zero-order valence-corrected chi connectivity index (χ0v) is 24.0. The van der Waals surface area contributed by atoms with E-state index in [-0.39, 0.29) is 11.7 Å². The number of aliphatic carboxylic acids is 1. The third-order valence-corrected chi connectivity index (χ3v) is 10.0. The Morgan fingerprint density at radius 1 is 0.951 bits per heavy atom. The molecule has 4 bridgehead atoms. The van der Waals surface area contributed by atoms with Crippen molar-refractivity contribution in [2.45, 2.75) is 114 Å². The van der Waals surface area contributed by atoms with Crippen LogP contribution in [0.4, 0.5) is 0 Å². The first-order valence-corrected chi connectivity index (χ1v) is 15.2. The van der Waals surface area contributed by atoms with Gasteiger partial charge in [0.05, 0.1) is 11.0 Å². The SMILES string of the molecule is CC(C)(ON=C(C(N)=O)c1nc2ccccc2n(C2C[C@H]3CCC[C@@H](C2)N3C2C[C@H]3CCC[C@@H](C2)C3)c1=O)C(=O)O. The number of aromatic nitrogens is 2. The summed E-state index contributed by atoms with van der Waals surface area (Å²) in [6.07, 6.45) is 13.4. The van der Waals surface area contributed by atoms with Gasteiger partial charge in [-0.3, -0.25) is 14.5 Å². The Hall–Kier alpha value is -3.27. The van der Waals surface area contributed by atoms with E-state index in [9.17, 15) is 19.5 Å². The second-order valence-electron chi connectivity index (χ2n) is 13.2. The molecule has 3 heterocycles. The maximum absolute atomic E-state index is 14.1. The van der Waals surface area contributed by atoms with Gasteiger partial charge < -0.3 is 20.2 Å². The highest BCUT2D eigenvalue weighted by atomic mass is 16.7. The maximum Gasteiger partial charge on any atom is 0.350 e. The number of piperidine rings is 2. The Balaban J connectivity index is 1.37. The van der Waals surface area contributed by atoms with Crippen LogP contribution < -0.4 is 11.3 Å². The lowest BCUT2D eigenvalue weighted by Gasteiger charge is -2.55. The van der Waals surface area contributed by atoms with E-state index >= 15 is 0 Å². The van der Waals surface area contributed by atoms with Crippen LogP contribution in [0.1, 0.15) is 96.2 Å².